The summed E-state index contributed by atoms with van der Waals surface area (Å²) in [6.45, 7) is 7.27. The molecule has 1 aliphatic carbocycles. The number of ketones is 2. The van der Waals surface area contributed by atoms with Crippen molar-refractivity contribution in [3.63, 3.8) is 0 Å². The molecule has 4 aromatic carbocycles. The Balaban J connectivity index is 1.41. The zero-order chi connectivity index (χ0) is 37.5. The summed E-state index contributed by atoms with van der Waals surface area (Å²) in [5.41, 5.74) is 1.64. The smallest absolute Gasteiger partial charge is 0.271 e. The molecule has 0 amide bonds. The van der Waals surface area contributed by atoms with Gasteiger partial charge >= 0.3 is 0 Å². The van der Waals surface area contributed by atoms with Crippen LogP contribution in [0.15, 0.2) is 108 Å². The normalized spacial score (nSPS) is 19.9. The van der Waals surface area contributed by atoms with Crippen molar-refractivity contribution < 1.29 is 45.2 Å². The minimum absolute atomic E-state index is 0.167. The summed E-state index contributed by atoms with van der Waals surface area (Å²) in [6.07, 6.45) is 2.83. The van der Waals surface area contributed by atoms with Crippen molar-refractivity contribution in [1.29, 1.82) is 0 Å². The van der Waals surface area contributed by atoms with Crippen LogP contribution in [0.3, 0.4) is 0 Å². The van der Waals surface area contributed by atoms with Gasteiger partial charge in [0, 0.05) is 41.1 Å². The van der Waals surface area contributed by atoms with E-state index in [4.69, 9.17) is 0 Å². The van der Waals surface area contributed by atoms with Crippen molar-refractivity contribution in [2.45, 2.75) is 38.5 Å². The first-order chi connectivity index (χ1) is 24.3. The molecule has 268 valence electrons. The molecule has 3 N–H and O–H groups in total. The van der Waals surface area contributed by atoms with Crippen molar-refractivity contribution in [3.8, 4) is 0 Å². The van der Waals surface area contributed by atoms with E-state index in [9.17, 15) is 40.6 Å². The first-order valence-corrected chi connectivity index (χ1v) is 19.9. The largest absolute Gasteiger partial charge is 0.506 e. The SMILES string of the molecule is CC1(C)C(/C=C2\C(=O)C(=O)C(/C=C3/N(CCS(=O)(=O)O)c4ccc5ccccc5c4C3(C)C)=C2O)=[N+](CCS(=O)(=O)O)c2ccc3ccccc3c21. The molecular weight excluding hydrogens is 705 g/mol. The Bertz CT molecular complexity index is 2630. The number of anilines is 1. The third kappa shape index (κ3) is 5.77. The van der Waals surface area contributed by atoms with E-state index in [0.29, 0.717) is 22.8 Å². The van der Waals surface area contributed by atoms with Crippen LogP contribution in [-0.2, 0) is 40.7 Å². The number of carbonyl (C=O) groups excluding carboxylic acids is 2. The van der Waals surface area contributed by atoms with Crippen LogP contribution in [0.1, 0.15) is 38.8 Å². The maximum Gasteiger partial charge on any atom is 0.271 e. The molecule has 11 nitrogen and oxygen atoms in total. The number of fused-ring (bicyclic) bond motifs is 6. The molecule has 0 atom stereocenters. The minimum Gasteiger partial charge on any atom is -0.506 e. The lowest BCUT2D eigenvalue weighted by molar-refractivity contribution is -0.432. The van der Waals surface area contributed by atoms with E-state index in [1.807, 2.05) is 100 Å². The van der Waals surface area contributed by atoms with Crippen LogP contribution in [-0.4, -0.2) is 77.5 Å². The van der Waals surface area contributed by atoms with Crippen LogP contribution < -0.4 is 4.90 Å². The predicted molar refractivity (Wildman–Crippen MR) is 200 cm³/mol. The number of rotatable bonds is 8. The monoisotopic (exact) mass is 741 g/mol. The number of hydrogen-bond acceptors (Lipinski definition) is 8. The molecule has 0 saturated heterocycles. The van der Waals surface area contributed by atoms with Crippen LogP contribution in [0.4, 0.5) is 11.4 Å². The van der Waals surface area contributed by atoms with Crippen LogP contribution in [0, 0.1) is 0 Å². The van der Waals surface area contributed by atoms with Crippen LogP contribution in [0.2, 0.25) is 0 Å². The van der Waals surface area contributed by atoms with E-state index in [1.54, 1.807) is 9.48 Å². The number of nitrogens with zero attached hydrogens (tertiary/aromatic N) is 2. The second-order valence-corrected chi connectivity index (χ2v) is 17.5. The molecule has 0 bridgehead atoms. The lowest BCUT2D eigenvalue weighted by atomic mass is 9.78. The first-order valence-electron chi connectivity index (χ1n) is 16.6. The van der Waals surface area contributed by atoms with Crippen molar-refractivity contribution in [1.82, 2.24) is 0 Å². The fourth-order valence-electron chi connectivity index (χ4n) is 8.03. The molecule has 2 heterocycles. The minimum atomic E-state index is -4.39. The van der Waals surface area contributed by atoms with Crippen LogP contribution >= 0.6 is 0 Å². The summed E-state index contributed by atoms with van der Waals surface area (Å²) >= 11 is 0. The van der Waals surface area contributed by atoms with Gasteiger partial charge in [0.15, 0.2) is 12.3 Å². The lowest BCUT2D eigenvalue weighted by Crippen LogP contribution is -2.31. The summed E-state index contributed by atoms with van der Waals surface area (Å²) in [6, 6.07) is 22.8. The Hall–Kier alpha value is -4.95. The van der Waals surface area contributed by atoms with Crippen molar-refractivity contribution in [2.24, 2.45) is 0 Å². The molecule has 2 aliphatic heterocycles. The van der Waals surface area contributed by atoms with Gasteiger partial charge in [-0.3, -0.25) is 18.7 Å². The average Bonchev–Trinajstić information content (AvgIpc) is 3.52. The third-order valence-electron chi connectivity index (χ3n) is 10.4. The molecule has 0 radical (unpaired) electrons. The van der Waals surface area contributed by atoms with Crippen molar-refractivity contribution >= 4 is 70.4 Å². The number of aliphatic hydroxyl groups is 1. The highest BCUT2D eigenvalue weighted by molar-refractivity contribution is 7.86. The molecule has 13 heteroatoms. The summed E-state index contributed by atoms with van der Waals surface area (Å²) in [5.74, 6) is -3.74. The van der Waals surface area contributed by atoms with E-state index in [1.165, 1.54) is 12.2 Å². The maximum atomic E-state index is 13.8. The quantitative estimate of drug-likeness (QED) is 0.0880. The van der Waals surface area contributed by atoms with Gasteiger partial charge in [0.05, 0.1) is 22.3 Å². The molecule has 0 fully saturated rings. The molecule has 4 aromatic rings. The molecule has 7 rings (SSSR count). The van der Waals surface area contributed by atoms with Gasteiger partial charge < -0.3 is 10.0 Å². The molecule has 0 spiro atoms. The number of benzene rings is 4. The highest BCUT2D eigenvalue weighted by Crippen LogP contribution is 2.51. The molecule has 0 unspecified atom stereocenters. The summed E-state index contributed by atoms with van der Waals surface area (Å²) in [5, 5.41) is 15.4. The van der Waals surface area contributed by atoms with Crippen molar-refractivity contribution in [2.75, 3.05) is 29.5 Å². The zero-order valence-corrected chi connectivity index (χ0v) is 30.5. The Kier molecular flexibility index (Phi) is 8.22. The molecule has 52 heavy (non-hydrogen) atoms. The van der Waals surface area contributed by atoms with Gasteiger partial charge in [0.25, 0.3) is 20.2 Å². The predicted octanol–water partition coefficient (Wildman–Crippen LogP) is 5.72. The summed E-state index contributed by atoms with van der Waals surface area (Å²) in [4.78, 5) is 29.2. The van der Waals surface area contributed by atoms with E-state index < -0.39 is 59.9 Å². The second-order valence-electron chi connectivity index (χ2n) is 14.4. The standard InChI is InChI=1S/C39H36N2O9S2/c1-38(2)31(40(17-19-51(45,46)47)29-15-13-23-9-5-7-11-25(23)33(29)38)21-27-35(42)28(37(44)36(27)43)22-32-39(3,4)34-26-12-8-6-10-24(26)14-16-30(34)41(32)18-20-52(48,49)50/h5-16,21-22H,17-20H2,1-4H3,(H2-,42,43,44,45,46,47,48,49,50)/p+1. The summed E-state index contributed by atoms with van der Waals surface area (Å²) < 4.78 is 68.7. The van der Waals surface area contributed by atoms with E-state index in [0.717, 1.165) is 32.7 Å². The van der Waals surface area contributed by atoms with Gasteiger partial charge in [-0.25, -0.2) is 0 Å². The van der Waals surface area contributed by atoms with Gasteiger partial charge in [0.1, 0.15) is 11.5 Å². The number of allylic oxidation sites excluding steroid dienone is 5. The topological polar surface area (TPSA) is 169 Å². The Morgan fingerprint density at radius 1 is 0.712 bits per heavy atom. The van der Waals surface area contributed by atoms with Gasteiger partial charge in [-0.15, -0.1) is 0 Å². The van der Waals surface area contributed by atoms with Gasteiger partial charge in [0.2, 0.25) is 17.3 Å². The van der Waals surface area contributed by atoms with Gasteiger partial charge in [-0.1, -0.05) is 68.4 Å². The van der Waals surface area contributed by atoms with E-state index in [-0.39, 0.29) is 24.2 Å². The number of aliphatic hydroxyl groups excluding tert-OH is 1. The van der Waals surface area contributed by atoms with E-state index in [2.05, 4.69) is 0 Å². The number of hydrogen-bond donors (Lipinski definition) is 3. The van der Waals surface area contributed by atoms with Gasteiger partial charge in [-0.05, 0) is 59.2 Å². The molecule has 3 aliphatic rings. The first kappa shape index (κ1) is 35.5. The average molecular weight is 742 g/mol. The Morgan fingerprint density at radius 2 is 1.29 bits per heavy atom. The summed E-state index contributed by atoms with van der Waals surface area (Å²) in [7, 11) is -8.77. The van der Waals surface area contributed by atoms with Crippen LogP contribution in [0.25, 0.3) is 21.5 Å². The highest BCUT2D eigenvalue weighted by Gasteiger charge is 2.49. The number of Topliss-reactive ketones (excluding diaryl/α,β-unsaturated/α-hetero) is 2. The Morgan fingerprint density at radius 3 is 1.90 bits per heavy atom. The zero-order valence-electron chi connectivity index (χ0n) is 28.9. The van der Waals surface area contributed by atoms with E-state index >= 15 is 0 Å². The molecule has 0 saturated carbocycles. The maximum absolute atomic E-state index is 13.8. The molecule has 0 aromatic heterocycles. The van der Waals surface area contributed by atoms with Crippen LogP contribution in [0.5, 0.6) is 0 Å². The third-order valence-corrected chi connectivity index (χ3v) is 11.8. The second kappa shape index (κ2) is 12.1. The number of carbonyl (C=O) groups is 2. The van der Waals surface area contributed by atoms with Gasteiger partial charge in [-0.2, -0.15) is 21.4 Å². The van der Waals surface area contributed by atoms with Crippen molar-refractivity contribution in [3.05, 3.63) is 119 Å². The fourth-order valence-corrected chi connectivity index (χ4v) is 8.86. The fraction of sp³-hybridized carbons (Fsp3) is 0.256. The molecular formula is C39H37N2O9S2+. The highest BCUT2D eigenvalue weighted by atomic mass is 32.2. The lowest BCUT2D eigenvalue weighted by Gasteiger charge is -2.27. The Labute approximate surface area is 301 Å².